The molecule has 2 N–H and O–H groups in total. The highest BCUT2D eigenvalue weighted by molar-refractivity contribution is 6.31. The molecule has 0 spiro atoms. The SMILES string of the molecule is CC(=O)Nc1cccc(Nc2ncnc(N3CCC(Oc4ccc(Cl)c(C)c4)CC3)n2)c1F. The summed E-state index contributed by atoms with van der Waals surface area (Å²) in [5.41, 5.74) is 1.22. The van der Waals surface area contributed by atoms with Gasteiger partial charge in [-0.1, -0.05) is 17.7 Å². The summed E-state index contributed by atoms with van der Waals surface area (Å²) in [6, 6.07) is 10.3. The van der Waals surface area contributed by atoms with Crippen LogP contribution in [0.1, 0.15) is 25.3 Å². The van der Waals surface area contributed by atoms with Gasteiger partial charge in [0.1, 0.15) is 18.2 Å². The molecule has 1 saturated heterocycles. The summed E-state index contributed by atoms with van der Waals surface area (Å²) in [4.78, 5) is 26.1. The summed E-state index contributed by atoms with van der Waals surface area (Å²) >= 11 is 6.09. The first-order chi connectivity index (χ1) is 15.9. The quantitative estimate of drug-likeness (QED) is 0.538. The van der Waals surface area contributed by atoms with E-state index in [9.17, 15) is 9.18 Å². The molecule has 8 nitrogen and oxygen atoms in total. The van der Waals surface area contributed by atoms with Crippen molar-refractivity contribution in [1.82, 2.24) is 15.0 Å². The minimum Gasteiger partial charge on any atom is -0.490 e. The number of amides is 1. The predicted octanol–water partition coefficient (Wildman–Crippen LogP) is 4.72. The number of nitrogens with zero attached hydrogens (tertiary/aromatic N) is 4. The molecule has 1 aliphatic heterocycles. The molecule has 33 heavy (non-hydrogen) atoms. The number of aromatic nitrogens is 3. The zero-order valence-electron chi connectivity index (χ0n) is 18.3. The van der Waals surface area contributed by atoms with Crippen molar-refractivity contribution in [3.8, 4) is 5.75 Å². The summed E-state index contributed by atoms with van der Waals surface area (Å²) < 4.78 is 20.8. The molecule has 172 valence electrons. The number of carbonyl (C=O) groups is 1. The van der Waals surface area contributed by atoms with E-state index in [4.69, 9.17) is 16.3 Å². The second kappa shape index (κ2) is 9.99. The highest BCUT2D eigenvalue weighted by atomic mass is 35.5. The highest BCUT2D eigenvalue weighted by Crippen LogP contribution is 2.27. The van der Waals surface area contributed by atoms with Gasteiger partial charge >= 0.3 is 0 Å². The third-order valence-electron chi connectivity index (χ3n) is 5.27. The zero-order chi connectivity index (χ0) is 23.4. The van der Waals surface area contributed by atoms with Gasteiger partial charge in [0.25, 0.3) is 0 Å². The smallest absolute Gasteiger partial charge is 0.232 e. The molecule has 0 saturated carbocycles. The second-order valence-corrected chi connectivity index (χ2v) is 8.20. The molecule has 0 aliphatic carbocycles. The van der Waals surface area contributed by atoms with E-state index in [1.165, 1.54) is 19.3 Å². The lowest BCUT2D eigenvalue weighted by Crippen LogP contribution is -2.39. The van der Waals surface area contributed by atoms with Gasteiger partial charge in [-0.25, -0.2) is 14.4 Å². The highest BCUT2D eigenvalue weighted by Gasteiger charge is 2.23. The number of nitrogens with one attached hydrogen (secondary N) is 2. The number of benzene rings is 2. The van der Waals surface area contributed by atoms with Crippen LogP contribution in [0.25, 0.3) is 0 Å². The van der Waals surface area contributed by atoms with E-state index in [2.05, 4.69) is 25.6 Å². The average molecular weight is 471 g/mol. The Hall–Kier alpha value is -3.46. The summed E-state index contributed by atoms with van der Waals surface area (Å²) in [6.07, 6.45) is 3.10. The second-order valence-electron chi connectivity index (χ2n) is 7.80. The molecule has 1 amide bonds. The van der Waals surface area contributed by atoms with Crippen LogP contribution in [0.15, 0.2) is 42.7 Å². The van der Waals surface area contributed by atoms with Gasteiger partial charge < -0.3 is 20.3 Å². The van der Waals surface area contributed by atoms with Crippen LogP contribution < -0.4 is 20.3 Å². The molecule has 0 atom stereocenters. The maximum Gasteiger partial charge on any atom is 0.232 e. The molecule has 1 aliphatic rings. The minimum absolute atomic E-state index is 0.0831. The Kier molecular flexibility index (Phi) is 6.88. The number of halogens is 2. The van der Waals surface area contributed by atoms with Crippen molar-refractivity contribution >= 4 is 40.8 Å². The predicted molar refractivity (Wildman–Crippen MR) is 126 cm³/mol. The lowest BCUT2D eigenvalue weighted by molar-refractivity contribution is -0.114. The number of anilines is 4. The number of hydrogen-bond donors (Lipinski definition) is 2. The zero-order valence-corrected chi connectivity index (χ0v) is 19.1. The van der Waals surface area contributed by atoms with Crippen molar-refractivity contribution < 1.29 is 13.9 Å². The van der Waals surface area contributed by atoms with Gasteiger partial charge in [-0.15, -0.1) is 0 Å². The Morgan fingerprint density at radius 3 is 2.67 bits per heavy atom. The third kappa shape index (κ3) is 5.67. The Morgan fingerprint density at radius 2 is 1.94 bits per heavy atom. The van der Waals surface area contributed by atoms with Crippen molar-refractivity contribution in [3.63, 3.8) is 0 Å². The van der Waals surface area contributed by atoms with Gasteiger partial charge in [-0.05, 0) is 42.8 Å². The van der Waals surface area contributed by atoms with Crippen LogP contribution in [-0.4, -0.2) is 40.1 Å². The van der Waals surface area contributed by atoms with Crippen LogP contribution in [0, 0.1) is 12.7 Å². The molecule has 10 heteroatoms. The van der Waals surface area contributed by atoms with Crippen molar-refractivity contribution in [1.29, 1.82) is 0 Å². The number of aryl methyl sites for hydroxylation is 1. The van der Waals surface area contributed by atoms with E-state index >= 15 is 0 Å². The fourth-order valence-corrected chi connectivity index (χ4v) is 3.71. The normalized spacial score (nSPS) is 14.1. The average Bonchev–Trinajstić information content (AvgIpc) is 2.79. The van der Waals surface area contributed by atoms with Crippen LogP contribution in [0.3, 0.4) is 0 Å². The number of piperidine rings is 1. The van der Waals surface area contributed by atoms with Crippen LogP contribution >= 0.6 is 11.6 Å². The molecule has 3 aromatic rings. The first-order valence-corrected chi connectivity index (χ1v) is 11.0. The Balaban J connectivity index is 1.39. The van der Waals surface area contributed by atoms with Crippen molar-refractivity contribution in [2.45, 2.75) is 32.8 Å². The molecule has 4 rings (SSSR count). The lowest BCUT2D eigenvalue weighted by Gasteiger charge is -2.32. The molecule has 2 heterocycles. The Morgan fingerprint density at radius 1 is 1.18 bits per heavy atom. The van der Waals surface area contributed by atoms with E-state index in [0.717, 1.165) is 29.2 Å². The topological polar surface area (TPSA) is 92.3 Å². The molecule has 0 radical (unpaired) electrons. The fraction of sp³-hybridized carbons (Fsp3) is 0.304. The largest absolute Gasteiger partial charge is 0.490 e. The fourth-order valence-electron chi connectivity index (χ4n) is 3.59. The van der Waals surface area contributed by atoms with Crippen molar-refractivity contribution in [3.05, 3.63) is 59.1 Å². The van der Waals surface area contributed by atoms with E-state index < -0.39 is 5.82 Å². The monoisotopic (exact) mass is 470 g/mol. The maximum absolute atomic E-state index is 14.7. The van der Waals surface area contributed by atoms with Crippen LogP contribution in [0.5, 0.6) is 5.75 Å². The summed E-state index contributed by atoms with van der Waals surface area (Å²) in [7, 11) is 0. The van der Waals surface area contributed by atoms with Gasteiger partial charge in [-0.2, -0.15) is 4.98 Å². The van der Waals surface area contributed by atoms with E-state index in [1.807, 2.05) is 30.0 Å². The van der Waals surface area contributed by atoms with E-state index in [0.29, 0.717) is 19.0 Å². The molecule has 1 fully saturated rings. The number of ether oxygens (including phenoxy) is 1. The molecule has 1 aromatic heterocycles. The lowest BCUT2D eigenvalue weighted by atomic mass is 10.1. The van der Waals surface area contributed by atoms with Crippen LogP contribution in [-0.2, 0) is 4.79 Å². The van der Waals surface area contributed by atoms with Crippen LogP contribution in [0.4, 0.5) is 27.7 Å². The molecule has 0 bridgehead atoms. The van der Waals surface area contributed by atoms with Crippen molar-refractivity contribution in [2.75, 3.05) is 28.6 Å². The summed E-state index contributed by atoms with van der Waals surface area (Å²) in [5, 5.41) is 6.04. The van der Waals surface area contributed by atoms with E-state index in [1.54, 1.807) is 12.1 Å². The number of rotatable bonds is 6. The maximum atomic E-state index is 14.7. The van der Waals surface area contributed by atoms with Crippen LogP contribution in [0.2, 0.25) is 5.02 Å². The Labute approximate surface area is 196 Å². The van der Waals surface area contributed by atoms with Gasteiger partial charge in [0.2, 0.25) is 17.8 Å². The molecule has 0 unspecified atom stereocenters. The van der Waals surface area contributed by atoms with Gasteiger partial charge in [-0.3, -0.25) is 4.79 Å². The summed E-state index contributed by atoms with van der Waals surface area (Å²) in [6.45, 7) is 4.70. The van der Waals surface area contributed by atoms with Gasteiger partial charge in [0.15, 0.2) is 5.82 Å². The number of hydrogen-bond acceptors (Lipinski definition) is 7. The summed E-state index contributed by atoms with van der Waals surface area (Å²) in [5.74, 6) is 0.586. The first-order valence-electron chi connectivity index (χ1n) is 10.6. The van der Waals surface area contributed by atoms with Gasteiger partial charge in [0.05, 0.1) is 11.4 Å². The van der Waals surface area contributed by atoms with Crippen molar-refractivity contribution in [2.24, 2.45) is 0 Å². The molecular formula is C23H24ClFN6O2. The molecule has 2 aromatic carbocycles. The first kappa shape index (κ1) is 22.7. The van der Waals surface area contributed by atoms with E-state index in [-0.39, 0.29) is 29.3 Å². The third-order valence-corrected chi connectivity index (χ3v) is 5.70. The molecular weight excluding hydrogens is 447 g/mol. The Bertz CT molecular complexity index is 1150. The number of carbonyl (C=O) groups excluding carboxylic acids is 1. The standard InChI is InChI=1S/C23H24ClFN6O2/c1-14-12-17(6-7-18(14)24)33-16-8-10-31(11-9-16)23-27-13-26-22(30-23)29-20-5-3-4-19(21(20)25)28-15(2)32/h3-7,12-13,16H,8-11H2,1-2H3,(H,28,32)(H,26,27,29,30). The minimum atomic E-state index is -0.593. The van der Waals surface area contributed by atoms with Gasteiger partial charge in [0, 0.05) is 37.9 Å².